The van der Waals surface area contributed by atoms with Crippen molar-refractivity contribution in [1.82, 2.24) is 4.31 Å². The SMILES string of the molecule is CCN([C@H](COC(C)C)CS(C)(=O)=O)S(C)(=O)=O. The number of sulfonamides is 1. The standard InChI is InChI=1S/C10H23NO5S2/c1-6-11(18(5,14)15)10(7-16-9(2)3)8-17(4,12)13/h9-10H,6-8H2,1-5H3/t10-/m1/s1. The van der Waals surface area contributed by atoms with Gasteiger partial charge in [0.2, 0.25) is 10.0 Å². The van der Waals surface area contributed by atoms with Gasteiger partial charge in [-0.3, -0.25) is 0 Å². The summed E-state index contributed by atoms with van der Waals surface area (Å²) in [4.78, 5) is 0. The smallest absolute Gasteiger partial charge is 0.211 e. The molecule has 0 N–H and O–H groups in total. The molecule has 0 fully saturated rings. The van der Waals surface area contributed by atoms with Crippen molar-refractivity contribution in [3.05, 3.63) is 0 Å². The van der Waals surface area contributed by atoms with Crippen LogP contribution in [0.1, 0.15) is 20.8 Å². The molecule has 8 heteroatoms. The minimum absolute atomic E-state index is 0.0750. The lowest BCUT2D eigenvalue weighted by atomic mass is 10.3. The molecule has 6 nitrogen and oxygen atoms in total. The van der Waals surface area contributed by atoms with Gasteiger partial charge in [0.05, 0.1) is 30.8 Å². The minimum atomic E-state index is -3.45. The first-order valence-corrected chi connectivity index (χ1v) is 9.64. The zero-order valence-electron chi connectivity index (χ0n) is 11.6. The van der Waals surface area contributed by atoms with Gasteiger partial charge >= 0.3 is 0 Å². The number of hydrogen-bond acceptors (Lipinski definition) is 5. The van der Waals surface area contributed by atoms with Gasteiger partial charge in [-0.15, -0.1) is 0 Å². The molecule has 1 atom stereocenters. The molecule has 18 heavy (non-hydrogen) atoms. The monoisotopic (exact) mass is 301 g/mol. The van der Waals surface area contributed by atoms with Crippen LogP contribution >= 0.6 is 0 Å². The molecular weight excluding hydrogens is 278 g/mol. The number of rotatable bonds is 8. The molecule has 0 rings (SSSR count). The third-order valence-electron chi connectivity index (χ3n) is 2.26. The molecule has 0 saturated carbocycles. The van der Waals surface area contributed by atoms with E-state index in [1.54, 1.807) is 6.92 Å². The van der Waals surface area contributed by atoms with Gasteiger partial charge in [0.1, 0.15) is 9.84 Å². The second-order valence-corrected chi connectivity index (χ2v) is 8.71. The minimum Gasteiger partial charge on any atom is -0.377 e. The van der Waals surface area contributed by atoms with Gasteiger partial charge in [-0.2, -0.15) is 4.31 Å². The zero-order chi connectivity index (χ0) is 14.6. The fraction of sp³-hybridized carbons (Fsp3) is 1.00. The highest BCUT2D eigenvalue weighted by Crippen LogP contribution is 2.09. The normalized spacial score (nSPS) is 15.3. The van der Waals surface area contributed by atoms with Crippen LogP contribution in [0, 0.1) is 0 Å². The second kappa shape index (κ2) is 6.83. The van der Waals surface area contributed by atoms with Crippen molar-refractivity contribution >= 4 is 19.9 Å². The van der Waals surface area contributed by atoms with Crippen LogP contribution in [0.4, 0.5) is 0 Å². The van der Waals surface area contributed by atoms with Crippen molar-refractivity contribution in [1.29, 1.82) is 0 Å². The Bertz CT molecular complexity index is 441. The third kappa shape index (κ3) is 7.30. The van der Waals surface area contributed by atoms with E-state index < -0.39 is 25.9 Å². The Morgan fingerprint density at radius 3 is 1.89 bits per heavy atom. The van der Waals surface area contributed by atoms with Gasteiger partial charge in [0.25, 0.3) is 0 Å². The van der Waals surface area contributed by atoms with Crippen molar-refractivity contribution in [2.45, 2.75) is 32.9 Å². The molecule has 0 aromatic rings. The van der Waals surface area contributed by atoms with Crippen molar-refractivity contribution in [3.8, 4) is 0 Å². The van der Waals surface area contributed by atoms with E-state index in [-0.39, 0.29) is 25.0 Å². The Balaban J connectivity index is 5.06. The molecule has 0 aliphatic rings. The van der Waals surface area contributed by atoms with Crippen LogP contribution in [-0.4, -0.2) is 64.7 Å². The maximum absolute atomic E-state index is 11.6. The molecular formula is C10H23NO5S2. The summed E-state index contributed by atoms with van der Waals surface area (Å²) >= 11 is 0. The van der Waals surface area contributed by atoms with Crippen molar-refractivity contribution in [2.75, 3.05) is 31.4 Å². The van der Waals surface area contributed by atoms with Gasteiger partial charge in [-0.1, -0.05) is 6.92 Å². The Morgan fingerprint density at radius 2 is 1.61 bits per heavy atom. The fourth-order valence-electron chi connectivity index (χ4n) is 1.63. The molecule has 0 aromatic carbocycles. The van der Waals surface area contributed by atoms with E-state index in [1.807, 2.05) is 13.8 Å². The highest BCUT2D eigenvalue weighted by Gasteiger charge is 2.28. The highest BCUT2D eigenvalue weighted by molar-refractivity contribution is 7.91. The van der Waals surface area contributed by atoms with E-state index in [0.29, 0.717) is 0 Å². The molecule has 0 aromatic heterocycles. The fourth-order valence-corrected chi connectivity index (χ4v) is 3.85. The molecule has 0 unspecified atom stereocenters. The molecule has 0 aliphatic carbocycles. The molecule has 0 saturated heterocycles. The molecule has 0 radical (unpaired) electrons. The molecule has 0 aliphatic heterocycles. The van der Waals surface area contributed by atoms with E-state index >= 15 is 0 Å². The number of sulfone groups is 1. The Morgan fingerprint density at radius 1 is 1.11 bits per heavy atom. The molecule has 0 spiro atoms. The molecule has 110 valence electrons. The topological polar surface area (TPSA) is 80.8 Å². The first kappa shape index (κ1) is 17.8. The average Bonchev–Trinajstić information content (AvgIpc) is 2.10. The van der Waals surface area contributed by atoms with Gasteiger partial charge in [0.15, 0.2) is 0 Å². The highest BCUT2D eigenvalue weighted by atomic mass is 32.2. The number of ether oxygens (including phenoxy) is 1. The summed E-state index contributed by atoms with van der Waals surface area (Å²) in [5.74, 6) is -0.235. The van der Waals surface area contributed by atoms with Crippen LogP contribution in [0.3, 0.4) is 0 Å². The van der Waals surface area contributed by atoms with Crippen LogP contribution in [0.25, 0.3) is 0 Å². The van der Waals surface area contributed by atoms with E-state index in [0.717, 1.165) is 16.8 Å². The zero-order valence-corrected chi connectivity index (χ0v) is 13.2. The summed E-state index contributed by atoms with van der Waals surface area (Å²) in [7, 11) is -6.72. The quantitative estimate of drug-likeness (QED) is 0.635. The second-order valence-electron chi connectivity index (χ2n) is 4.59. The largest absolute Gasteiger partial charge is 0.377 e. The summed E-state index contributed by atoms with van der Waals surface area (Å²) in [5.41, 5.74) is 0. The van der Waals surface area contributed by atoms with Crippen LogP contribution in [0.2, 0.25) is 0 Å². The number of nitrogens with zero attached hydrogens (tertiary/aromatic N) is 1. The predicted octanol–water partition coefficient (Wildman–Crippen LogP) is 0.106. The van der Waals surface area contributed by atoms with Gasteiger partial charge < -0.3 is 4.74 Å². The van der Waals surface area contributed by atoms with Gasteiger partial charge in [-0.25, -0.2) is 16.8 Å². The summed E-state index contributed by atoms with van der Waals surface area (Å²) in [6, 6.07) is -0.678. The van der Waals surface area contributed by atoms with Gasteiger partial charge in [-0.05, 0) is 13.8 Å². The Labute approximate surface area is 110 Å². The lowest BCUT2D eigenvalue weighted by Crippen LogP contribution is -2.46. The average molecular weight is 301 g/mol. The first-order chi connectivity index (χ1) is 7.97. The molecule has 0 amide bonds. The lowest BCUT2D eigenvalue weighted by Gasteiger charge is -2.28. The molecule has 0 bridgehead atoms. The first-order valence-electron chi connectivity index (χ1n) is 5.73. The van der Waals surface area contributed by atoms with Crippen molar-refractivity contribution < 1.29 is 21.6 Å². The van der Waals surface area contributed by atoms with Crippen LogP contribution in [0.15, 0.2) is 0 Å². The maximum Gasteiger partial charge on any atom is 0.211 e. The van der Waals surface area contributed by atoms with Crippen molar-refractivity contribution in [3.63, 3.8) is 0 Å². The number of likely N-dealkylation sites (N-methyl/N-ethyl adjacent to an activating group) is 1. The summed E-state index contributed by atoms with van der Waals surface area (Å²) in [6.07, 6.45) is 2.08. The van der Waals surface area contributed by atoms with E-state index in [1.165, 1.54) is 0 Å². The van der Waals surface area contributed by atoms with Crippen molar-refractivity contribution in [2.24, 2.45) is 0 Å². The van der Waals surface area contributed by atoms with E-state index in [2.05, 4.69) is 0 Å². The van der Waals surface area contributed by atoms with Crippen LogP contribution < -0.4 is 0 Å². The van der Waals surface area contributed by atoms with Crippen LogP contribution in [0.5, 0.6) is 0 Å². The Hall–Kier alpha value is -0.180. The predicted molar refractivity (Wildman–Crippen MR) is 71.8 cm³/mol. The van der Waals surface area contributed by atoms with Crippen LogP contribution in [-0.2, 0) is 24.6 Å². The summed E-state index contributed by atoms with van der Waals surface area (Å²) < 4.78 is 52.5. The van der Waals surface area contributed by atoms with Gasteiger partial charge in [0, 0.05) is 12.8 Å². The Kier molecular flexibility index (Phi) is 6.77. The lowest BCUT2D eigenvalue weighted by molar-refractivity contribution is 0.0509. The molecule has 0 heterocycles. The third-order valence-corrected chi connectivity index (χ3v) is 4.66. The summed E-state index contributed by atoms with van der Waals surface area (Å²) in [6.45, 7) is 5.60. The van der Waals surface area contributed by atoms with E-state index in [4.69, 9.17) is 4.74 Å². The van der Waals surface area contributed by atoms with E-state index in [9.17, 15) is 16.8 Å². The number of hydrogen-bond donors (Lipinski definition) is 0. The summed E-state index contributed by atoms with van der Waals surface area (Å²) in [5, 5.41) is 0. The maximum atomic E-state index is 11.6.